The van der Waals surface area contributed by atoms with Gasteiger partial charge in [-0.2, -0.15) is 0 Å². The monoisotopic (exact) mass is 219 g/mol. The molecule has 62 valence electrons. The highest BCUT2D eigenvalue weighted by Crippen LogP contribution is 2.29. The molecule has 4 heteroatoms. The summed E-state index contributed by atoms with van der Waals surface area (Å²) in [6, 6.07) is 0.357. The molecule has 2 bridgehead atoms. The number of alkyl carbamates (subject to hydrolysis) is 1. The van der Waals surface area contributed by atoms with E-state index < -0.39 is 0 Å². The van der Waals surface area contributed by atoms with Crippen molar-refractivity contribution >= 4 is 22.0 Å². The van der Waals surface area contributed by atoms with Crippen LogP contribution in [0.5, 0.6) is 0 Å². The van der Waals surface area contributed by atoms with Gasteiger partial charge in [0.1, 0.15) is 6.10 Å². The normalized spacial score (nSPS) is 42.6. The summed E-state index contributed by atoms with van der Waals surface area (Å²) in [6.45, 7) is 0. The van der Waals surface area contributed by atoms with Crippen LogP contribution in [0.4, 0.5) is 4.79 Å². The predicted molar refractivity (Wildman–Crippen MR) is 43.8 cm³/mol. The minimum absolute atomic E-state index is 0.0995. The van der Waals surface area contributed by atoms with Gasteiger partial charge in [0.15, 0.2) is 0 Å². The van der Waals surface area contributed by atoms with Crippen molar-refractivity contribution in [2.45, 2.75) is 36.2 Å². The highest BCUT2D eigenvalue weighted by molar-refractivity contribution is 9.09. The molecule has 3 nitrogen and oxygen atoms in total. The van der Waals surface area contributed by atoms with Crippen LogP contribution in [0.1, 0.15) is 19.3 Å². The molecule has 1 aliphatic heterocycles. The molecule has 1 amide bonds. The van der Waals surface area contributed by atoms with E-state index in [1.54, 1.807) is 0 Å². The van der Waals surface area contributed by atoms with Crippen LogP contribution >= 0.6 is 15.9 Å². The summed E-state index contributed by atoms with van der Waals surface area (Å²) in [5.41, 5.74) is 0. The number of hydrogen-bond acceptors (Lipinski definition) is 2. The molecular formula is C7H10BrNO2. The van der Waals surface area contributed by atoms with Gasteiger partial charge < -0.3 is 10.1 Å². The van der Waals surface area contributed by atoms with E-state index in [9.17, 15) is 4.79 Å². The second-order valence-corrected chi connectivity index (χ2v) is 4.29. The lowest BCUT2D eigenvalue weighted by Crippen LogP contribution is -2.51. The second-order valence-electron chi connectivity index (χ2n) is 3.11. The zero-order valence-corrected chi connectivity index (χ0v) is 7.63. The first-order chi connectivity index (χ1) is 5.25. The van der Waals surface area contributed by atoms with E-state index in [1.165, 1.54) is 0 Å². The molecule has 2 fully saturated rings. The predicted octanol–water partition coefficient (Wildman–Crippen LogP) is 1.41. The van der Waals surface area contributed by atoms with Gasteiger partial charge in [0.25, 0.3) is 0 Å². The molecule has 1 saturated heterocycles. The molecule has 0 aromatic heterocycles. The Balaban J connectivity index is 2.08. The van der Waals surface area contributed by atoms with Crippen molar-refractivity contribution in [3.05, 3.63) is 0 Å². The number of alkyl halides is 1. The highest BCUT2D eigenvalue weighted by atomic mass is 79.9. The fraction of sp³-hybridized carbons (Fsp3) is 0.857. The molecule has 3 atom stereocenters. The molecule has 2 rings (SSSR count). The second kappa shape index (κ2) is 2.66. The minimum Gasteiger partial charge on any atom is -0.445 e. The average Bonchev–Trinajstić information content (AvgIpc) is 1.97. The summed E-state index contributed by atoms with van der Waals surface area (Å²) in [7, 11) is 0. The number of amides is 1. The lowest BCUT2D eigenvalue weighted by Gasteiger charge is -2.37. The molecular weight excluding hydrogens is 210 g/mol. The summed E-state index contributed by atoms with van der Waals surface area (Å²) < 4.78 is 5.07. The maximum absolute atomic E-state index is 10.9. The third-order valence-electron chi connectivity index (χ3n) is 2.29. The van der Waals surface area contributed by atoms with E-state index in [4.69, 9.17) is 4.74 Å². The van der Waals surface area contributed by atoms with Gasteiger partial charge in [0.2, 0.25) is 0 Å². The number of fused-ring (bicyclic) bond motifs is 2. The molecule has 0 aromatic rings. The van der Waals surface area contributed by atoms with Crippen molar-refractivity contribution in [2.75, 3.05) is 0 Å². The molecule has 2 aliphatic rings. The zero-order valence-electron chi connectivity index (χ0n) is 6.05. The van der Waals surface area contributed by atoms with Crippen LogP contribution in [-0.4, -0.2) is 23.1 Å². The van der Waals surface area contributed by atoms with E-state index in [-0.39, 0.29) is 12.2 Å². The summed E-state index contributed by atoms with van der Waals surface area (Å²) in [4.78, 5) is 11.2. The smallest absolute Gasteiger partial charge is 0.407 e. The number of nitrogens with one attached hydrogen (secondary N) is 1. The molecule has 0 radical (unpaired) electrons. The van der Waals surface area contributed by atoms with Crippen LogP contribution in [0.15, 0.2) is 0 Å². The van der Waals surface area contributed by atoms with Crippen LogP contribution in [0, 0.1) is 0 Å². The van der Waals surface area contributed by atoms with E-state index in [2.05, 4.69) is 21.2 Å². The molecule has 1 heterocycles. The molecule has 1 aliphatic carbocycles. The Bertz CT molecular complexity index is 185. The van der Waals surface area contributed by atoms with E-state index in [0.717, 1.165) is 19.3 Å². The number of halogens is 1. The van der Waals surface area contributed by atoms with Crippen LogP contribution < -0.4 is 5.32 Å². The quantitative estimate of drug-likeness (QED) is 0.627. The maximum Gasteiger partial charge on any atom is 0.407 e. The third kappa shape index (κ3) is 1.36. The fourth-order valence-electron chi connectivity index (χ4n) is 1.68. The lowest BCUT2D eigenvalue weighted by molar-refractivity contribution is 0.0407. The Kier molecular flexibility index (Phi) is 1.79. The molecule has 0 unspecified atom stereocenters. The van der Waals surface area contributed by atoms with E-state index in [1.807, 2.05) is 0 Å². The molecule has 0 spiro atoms. The van der Waals surface area contributed by atoms with Crippen molar-refractivity contribution in [3.63, 3.8) is 0 Å². The first kappa shape index (κ1) is 7.40. The molecule has 1 N–H and O–H groups in total. The van der Waals surface area contributed by atoms with Crippen molar-refractivity contribution < 1.29 is 9.53 Å². The molecule has 0 aromatic carbocycles. The van der Waals surface area contributed by atoms with Crippen molar-refractivity contribution in [3.8, 4) is 0 Å². The lowest BCUT2D eigenvalue weighted by atomic mass is 9.92. The van der Waals surface area contributed by atoms with Gasteiger partial charge in [0, 0.05) is 12.5 Å². The Labute approximate surface area is 73.6 Å². The van der Waals surface area contributed by atoms with Gasteiger partial charge in [-0.3, -0.25) is 0 Å². The van der Waals surface area contributed by atoms with Gasteiger partial charge in [-0.1, -0.05) is 15.9 Å². The number of ether oxygens (including phenoxy) is 1. The molecule has 11 heavy (non-hydrogen) atoms. The molecule has 1 saturated carbocycles. The first-order valence-corrected chi connectivity index (χ1v) is 4.78. The number of carbonyl (C=O) groups excluding carboxylic acids is 1. The van der Waals surface area contributed by atoms with Gasteiger partial charge in [-0.05, 0) is 12.8 Å². The number of rotatable bonds is 0. The van der Waals surface area contributed by atoms with Gasteiger partial charge in [-0.25, -0.2) is 4.79 Å². The highest BCUT2D eigenvalue weighted by Gasteiger charge is 2.36. The van der Waals surface area contributed by atoms with Crippen molar-refractivity contribution in [1.29, 1.82) is 0 Å². The van der Waals surface area contributed by atoms with E-state index in [0.29, 0.717) is 10.9 Å². The van der Waals surface area contributed by atoms with Crippen molar-refractivity contribution in [1.82, 2.24) is 5.32 Å². The summed E-state index contributed by atoms with van der Waals surface area (Å²) in [6.07, 6.45) is 2.97. The topological polar surface area (TPSA) is 38.3 Å². The van der Waals surface area contributed by atoms with Crippen molar-refractivity contribution in [2.24, 2.45) is 0 Å². The Morgan fingerprint density at radius 1 is 1.55 bits per heavy atom. The summed E-state index contributed by atoms with van der Waals surface area (Å²) >= 11 is 3.50. The SMILES string of the molecule is O=C1N[C@@H]2CC[C@@H](Br)[C@@H](C2)O1. The van der Waals surface area contributed by atoms with Crippen LogP contribution in [0.2, 0.25) is 0 Å². The summed E-state index contributed by atoms with van der Waals surface area (Å²) in [5, 5.41) is 2.79. The fourth-order valence-corrected chi connectivity index (χ4v) is 2.27. The first-order valence-electron chi connectivity index (χ1n) is 3.87. The van der Waals surface area contributed by atoms with Crippen LogP contribution in [-0.2, 0) is 4.74 Å². The third-order valence-corrected chi connectivity index (χ3v) is 3.34. The van der Waals surface area contributed by atoms with E-state index >= 15 is 0 Å². The van der Waals surface area contributed by atoms with Crippen LogP contribution in [0.3, 0.4) is 0 Å². The maximum atomic E-state index is 10.9. The van der Waals surface area contributed by atoms with Crippen LogP contribution in [0.25, 0.3) is 0 Å². The standard InChI is InChI=1S/C7H10BrNO2/c8-5-2-1-4-3-6(5)11-7(10)9-4/h4-6H,1-3H2,(H,9,10)/t4-,5-,6-/m1/s1. The van der Waals surface area contributed by atoms with Gasteiger partial charge >= 0.3 is 6.09 Å². The average molecular weight is 220 g/mol. The van der Waals surface area contributed by atoms with Gasteiger partial charge in [0.05, 0.1) is 4.83 Å². The Morgan fingerprint density at radius 2 is 2.36 bits per heavy atom. The Hall–Kier alpha value is -0.250. The minimum atomic E-state index is -0.254. The number of hydrogen-bond donors (Lipinski definition) is 1. The largest absolute Gasteiger partial charge is 0.445 e. The number of carbonyl (C=O) groups is 1. The zero-order chi connectivity index (χ0) is 7.84. The Morgan fingerprint density at radius 3 is 3.18 bits per heavy atom. The summed E-state index contributed by atoms with van der Waals surface area (Å²) in [5.74, 6) is 0. The van der Waals surface area contributed by atoms with Gasteiger partial charge in [-0.15, -0.1) is 0 Å².